The Balaban J connectivity index is 2.15. The number of amides is 1. The van der Waals surface area contributed by atoms with E-state index in [1.165, 1.54) is 12.1 Å². The van der Waals surface area contributed by atoms with E-state index in [1.54, 1.807) is 18.2 Å². The number of Topliss-reactive ketones (excluding diaryl/α,β-unsaturated/α-hetero) is 1. The van der Waals surface area contributed by atoms with Gasteiger partial charge in [-0.05, 0) is 12.0 Å². The third kappa shape index (κ3) is 4.53. The number of ketones is 1. The first-order valence-corrected chi connectivity index (χ1v) is 7.85. The van der Waals surface area contributed by atoms with Gasteiger partial charge in [-0.15, -0.1) is 0 Å². The van der Waals surface area contributed by atoms with Crippen LogP contribution >= 0.6 is 15.9 Å². The van der Waals surface area contributed by atoms with E-state index in [4.69, 9.17) is 0 Å². The highest BCUT2D eigenvalue weighted by Gasteiger charge is 2.66. The molecule has 138 valence electrons. The predicted octanol–water partition coefficient (Wildman–Crippen LogP) is 3.86. The molecule has 1 fully saturated rings. The summed E-state index contributed by atoms with van der Waals surface area (Å²) in [6, 6.07) is 7.73. The maximum Gasteiger partial charge on any atom is 0.471 e. The van der Waals surface area contributed by atoms with E-state index in [-0.39, 0.29) is 6.42 Å². The average molecular weight is 432 g/mol. The van der Waals surface area contributed by atoms with Crippen molar-refractivity contribution < 1.29 is 35.9 Å². The van der Waals surface area contributed by atoms with Crippen molar-refractivity contribution in [2.24, 2.45) is 5.92 Å². The van der Waals surface area contributed by atoms with E-state index in [2.05, 4.69) is 15.9 Å². The van der Waals surface area contributed by atoms with Crippen LogP contribution in [0.15, 0.2) is 30.3 Å². The van der Waals surface area contributed by atoms with Crippen LogP contribution in [-0.4, -0.2) is 39.8 Å². The molecule has 0 radical (unpaired) electrons. The second-order valence-electron chi connectivity index (χ2n) is 5.76. The predicted molar refractivity (Wildman–Crippen MR) is 78.7 cm³/mol. The lowest BCUT2D eigenvalue weighted by atomic mass is 10.1. The van der Waals surface area contributed by atoms with Crippen molar-refractivity contribution >= 4 is 27.6 Å². The van der Waals surface area contributed by atoms with Gasteiger partial charge in [-0.3, -0.25) is 9.59 Å². The van der Waals surface area contributed by atoms with E-state index < -0.39 is 47.4 Å². The molecule has 0 bridgehead atoms. The molecular formula is C15H12BrF6NO2. The molecule has 1 aromatic carbocycles. The first-order chi connectivity index (χ1) is 11.4. The Bertz CT molecular complexity index is 660. The molecule has 0 aromatic heterocycles. The molecule has 0 spiro atoms. The molecule has 1 saturated carbocycles. The zero-order valence-corrected chi connectivity index (χ0v) is 14.1. The van der Waals surface area contributed by atoms with Crippen molar-refractivity contribution in [2.45, 2.75) is 29.6 Å². The van der Waals surface area contributed by atoms with Crippen LogP contribution in [0.1, 0.15) is 12.0 Å². The molecule has 0 heterocycles. The van der Waals surface area contributed by atoms with Gasteiger partial charge in [0.15, 0.2) is 0 Å². The van der Waals surface area contributed by atoms with Gasteiger partial charge in [0.2, 0.25) is 0 Å². The molecule has 0 saturated heterocycles. The fourth-order valence-corrected chi connectivity index (χ4v) is 3.25. The number of halogens is 7. The largest absolute Gasteiger partial charge is 0.471 e. The van der Waals surface area contributed by atoms with Gasteiger partial charge in [0.1, 0.15) is 0 Å². The van der Waals surface area contributed by atoms with Crippen molar-refractivity contribution in [3.63, 3.8) is 0 Å². The van der Waals surface area contributed by atoms with Crippen LogP contribution in [0.4, 0.5) is 26.3 Å². The fourth-order valence-electron chi connectivity index (χ4n) is 2.49. The van der Waals surface area contributed by atoms with E-state index in [0.29, 0.717) is 10.5 Å². The number of alkyl halides is 7. The van der Waals surface area contributed by atoms with Crippen molar-refractivity contribution in [1.82, 2.24) is 4.90 Å². The van der Waals surface area contributed by atoms with E-state index in [9.17, 15) is 35.9 Å². The summed E-state index contributed by atoms with van der Waals surface area (Å²) in [6.45, 7) is -1.03. The van der Waals surface area contributed by atoms with Crippen LogP contribution < -0.4 is 0 Å². The topological polar surface area (TPSA) is 37.4 Å². The highest BCUT2D eigenvalue weighted by Crippen LogP contribution is 2.55. The number of nitrogens with zero attached hydrogens (tertiary/aromatic N) is 1. The summed E-state index contributed by atoms with van der Waals surface area (Å²) in [4.78, 5) is 23.4. The third-order valence-corrected chi connectivity index (χ3v) is 5.18. The highest BCUT2D eigenvalue weighted by molar-refractivity contribution is 9.10. The Labute approximate surface area is 147 Å². The number of carbonyl (C=O) groups excluding carboxylic acids is 2. The lowest BCUT2D eigenvalue weighted by Gasteiger charge is -2.24. The highest BCUT2D eigenvalue weighted by atomic mass is 79.9. The Morgan fingerprint density at radius 1 is 1.08 bits per heavy atom. The number of benzene rings is 1. The van der Waals surface area contributed by atoms with Gasteiger partial charge in [-0.1, -0.05) is 46.3 Å². The first-order valence-electron chi connectivity index (χ1n) is 7.06. The molecule has 0 aliphatic heterocycles. The summed E-state index contributed by atoms with van der Waals surface area (Å²) in [6.07, 6.45) is -10.6. The summed E-state index contributed by atoms with van der Waals surface area (Å²) in [5, 5.41) is 0. The maximum absolute atomic E-state index is 12.8. The molecule has 3 nitrogen and oxygen atoms in total. The smallest absolute Gasteiger partial charge is 0.330 e. The standard InChI is InChI=1S/C15H12BrF6NO2/c16-13(11(24)14(17,18)19)6-10(13)8-23(12(25)15(20,21)22)7-9-4-2-1-3-5-9/h1-5,10H,6-8H2/t10-,13+/m1/s1. The Kier molecular flexibility index (Phi) is 5.23. The minimum Gasteiger partial charge on any atom is -0.330 e. The van der Waals surface area contributed by atoms with Gasteiger partial charge in [0, 0.05) is 19.0 Å². The van der Waals surface area contributed by atoms with Gasteiger partial charge >= 0.3 is 18.3 Å². The van der Waals surface area contributed by atoms with Crippen molar-refractivity contribution in [3.05, 3.63) is 35.9 Å². The molecule has 0 unspecified atom stereocenters. The molecule has 25 heavy (non-hydrogen) atoms. The van der Waals surface area contributed by atoms with Crippen LogP contribution in [0.5, 0.6) is 0 Å². The Morgan fingerprint density at radius 3 is 2.12 bits per heavy atom. The first kappa shape index (κ1) is 19.7. The quantitative estimate of drug-likeness (QED) is 0.524. The molecule has 1 aromatic rings. The maximum atomic E-state index is 12.8. The number of rotatable bonds is 5. The molecule has 0 N–H and O–H groups in total. The van der Waals surface area contributed by atoms with E-state index in [0.717, 1.165) is 0 Å². The normalized spacial score (nSPS) is 23.2. The molecule has 2 rings (SSSR count). The minimum absolute atomic E-state index is 0.290. The Hall–Kier alpha value is -1.58. The molecule has 1 amide bonds. The second-order valence-corrected chi connectivity index (χ2v) is 7.17. The van der Waals surface area contributed by atoms with Gasteiger partial charge < -0.3 is 4.90 Å². The molecule has 10 heteroatoms. The lowest BCUT2D eigenvalue weighted by molar-refractivity contribution is -0.186. The van der Waals surface area contributed by atoms with Crippen LogP contribution in [0.25, 0.3) is 0 Å². The lowest BCUT2D eigenvalue weighted by Crippen LogP contribution is -2.43. The molecule has 1 aliphatic carbocycles. The monoisotopic (exact) mass is 431 g/mol. The number of hydrogen-bond donors (Lipinski definition) is 0. The Morgan fingerprint density at radius 2 is 1.64 bits per heavy atom. The van der Waals surface area contributed by atoms with Gasteiger partial charge in [0.05, 0.1) is 4.32 Å². The summed E-state index contributed by atoms with van der Waals surface area (Å²) in [5.74, 6) is -5.25. The van der Waals surface area contributed by atoms with E-state index >= 15 is 0 Å². The summed E-state index contributed by atoms with van der Waals surface area (Å²) >= 11 is 2.68. The van der Waals surface area contributed by atoms with Gasteiger partial charge in [-0.25, -0.2) is 0 Å². The molecular weight excluding hydrogens is 420 g/mol. The van der Waals surface area contributed by atoms with Crippen LogP contribution in [0, 0.1) is 5.92 Å². The summed E-state index contributed by atoms with van der Waals surface area (Å²) < 4.78 is 74.0. The zero-order valence-electron chi connectivity index (χ0n) is 12.5. The third-order valence-electron chi connectivity index (χ3n) is 3.85. The van der Waals surface area contributed by atoms with Gasteiger partial charge in [-0.2, -0.15) is 26.3 Å². The number of hydrogen-bond acceptors (Lipinski definition) is 2. The fraction of sp³-hybridized carbons (Fsp3) is 0.467. The SMILES string of the molecule is O=C(N(Cc1ccccc1)C[C@H]1C[C@@]1(Br)C(=O)C(F)(F)F)C(F)(F)F. The second kappa shape index (κ2) is 6.62. The van der Waals surface area contributed by atoms with Gasteiger partial charge in [0.25, 0.3) is 5.78 Å². The van der Waals surface area contributed by atoms with Crippen molar-refractivity contribution in [2.75, 3.05) is 6.54 Å². The van der Waals surface area contributed by atoms with Crippen molar-refractivity contribution in [1.29, 1.82) is 0 Å². The average Bonchev–Trinajstić information content (AvgIpc) is 3.15. The van der Waals surface area contributed by atoms with Crippen molar-refractivity contribution in [3.8, 4) is 0 Å². The molecule has 1 aliphatic rings. The van der Waals surface area contributed by atoms with E-state index in [1.807, 2.05) is 0 Å². The minimum atomic E-state index is -5.16. The van der Waals surface area contributed by atoms with Crippen LogP contribution in [0.2, 0.25) is 0 Å². The zero-order chi connectivity index (χ0) is 19.0. The number of carbonyl (C=O) groups is 2. The molecule has 2 atom stereocenters. The van der Waals surface area contributed by atoms with Crippen LogP contribution in [0.3, 0.4) is 0 Å². The summed E-state index contributed by atoms with van der Waals surface area (Å²) in [5.41, 5.74) is 0.392. The van der Waals surface area contributed by atoms with Crippen LogP contribution in [-0.2, 0) is 16.1 Å². The summed E-state index contributed by atoms with van der Waals surface area (Å²) in [7, 11) is 0.